The summed E-state index contributed by atoms with van der Waals surface area (Å²) < 4.78 is 19.0. The lowest BCUT2D eigenvalue weighted by Crippen LogP contribution is -2.57. The summed E-state index contributed by atoms with van der Waals surface area (Å²) in [5.74, 6) is 5.55. The molecular formula is C15H24FN3O. The number of nitrogens with zero attached hydrogens (tertiary/aromatic N) is 1. The summed E-state index contributed by atoms with van der Waals surface area (Å²) in [6.07, 6.45) is 0. The average molecular weight is 281 g/mol. The molecule has 1 atom stereocenters. The fraction of sp³-hybridized carbons (Fsp3) is 0.600. The van der Waals surface area contributed by atoms with E-state index in [0.717, 1.165) is 37.4 Å². The van der Waals surface area contributed by atoms with Gasteiger partial charge in [0.25, 0.3) is 0 Å². The Kier molecular flexibility index (Phi) is 4.75. The molecule has 1 aliphatic rings. The molecule has 4 nitrogen and oxygen atoms in total. The van der Waals surface area contributed by atoms with E-state index < -0.39 is 0 Å². The van der Waals surface area contributed by atoms with Crippen LogP contribution in [0.1, 0.15) is 31.0 Å². The first kappa shape index (κ1) is 15.4. The van der Waals surface area contributed by atoms with Gasteiger partial charge in [0.05, 0.1) is 19.3 Å². The Morgan fingerprint density at radius 1 is 1.35 bits per heavy atom. The second-order valence-electron chi connectivity index (χ2n) is 5.85. The molecule has 1 fully saturated rings. The molecule has 3 N–H and O–H groups in total. The SMILES string of the molecule is Cc1ccc(F)cc1C(NN)C(C)(C)N1CCOCC1. The molecule has 1 aromatic rings. The van der Waals surface area contributed by atoms with Gasteiger partial charge < -0.3 is 4.74 Å². The monoisotopic (exact) mass is 281 g/mol. The summed E-state index contributed by atoms with van der Waals surface area (Å²) in [6, 6.07) is 4.71. The smallest absolute Gasteiger partial charge is 0.123 e. The van der Waals surface area contributed by atoms with Crippen molar-refractivity contribution in [1.29, 1.82) is 0 Å². The number of rotatable bonds is 4. The average Bonchev–Trinajstić information content (AvgIpc) is 2.44. The molecule has 1 aromatic carbocycles. The Bertz CT molecular complexity index is 458. The molecule has 0 radical (unpaired) electrons. The highest BCUT2D eigenvalue weighted by molar-refractivity contribution is 5.32. The lowest BCUT2D eigenvalue weighted by atomic mass is 9.85. The van der Waals surface area contributed by atoms with Gasteiger partial charge >= 0.3 is 0 Å². The highest BCUT2D eigenvalue weighted by Gasteiger charge is 2.37. The number of benzene rings is 1. The lowest BCUT2D eigenvalue weighted by Gasteiger charge is -2.46. The summed E-state index contributed by atoms with van der Waals surface area (Å²) in [7, 11) is 0. The van der Waals surface area contributed by atoms with Crippen LogP contribution in [0.3, 0.4) is 0 Å². The molecule has 0 amide bonds. The van der Waals surface area contributed by atoms with Crippen LogP contribution in [-0.2, 0) is 4.74 Å². The van der Waals surface area contributed by atoms with Crippen LogP contribution in [0.5, 0.6) is 0 Å². The predicted octanol–water partition coefficient (Wildman–Crippen LogP) is 1.75. The predicted molar refractivity (Wildman–Crippen MR) is 77.7 cm³/mol. The van der Waals surface area contributed by atoms with E-state index in [2.05, 4.69) is 24.2 Å². The number of hydrazine groups is 1. The maximum Gasteiger partial charge on any atom is 0.123 e. The van der Waals surface area contributed by atoms with Crippen LogP contribution in [0.2, 0.25) is 0 Å². The van der Waals surface area contributed by atoms with Crippen LogP contribution >= 0.6 is 0 Å². The molecule has 0 saturated carbocycles. The first-order valence-electron chi connectivity index (χ1n) is 7.02. The molecule has 1 saturated heterocycles. The first-order valence-corrected chi connectivity index (χ1v) is 7.02. The molecule has 2 rings (SSSR count). The number of hydrogen-bond acceptors (Lipinski definition) is 4. The Morgan fingerprint density at radius 2 is 2.00 bits per heavy atom. The Hall–Kier alpha value is -1.01. The molecule has 20 heavy (non-hydrogen) atoms. The van der Waals surface area contributed by atoms with Crippen molar-refractivity contribution in [1.82, 2.24) is 10.3 Å². The number of halogens is 1. The molecule has 1 aliphatic heterocycles. The third-order valence-corrected chi connectivity index (χ3v) is 4.25. The molecule has 1 unspecified atom stereocenters. The number of morpholine rings is 1. The largest absolute Gasteiger partial charge is 0.379 e. The van der Waals surface area contributed by atoms with E-state index in [-0.39, 0.29) is 17.4 Å². The summed E-state index contributed by atoms with van der Waals surface area (Å²) >= 11 is 0. The van der Waals surface area contributed by atoms with Gasteiger partial charge in [-0.15, -0.1) is 0 Å². The van der Waals surface area contributed by atoms with Crippen molar-refractivity contribution < 1.29 is 9.13 Å². The zero-order chi connectivity index (χ0) is 14.8. The third-order valence-electron chi connectivity index (χ3n) is 4.25. The number of ether oxygens (including phenoxy) is 1. The molecular weight excluding hydrogens is 257 g/mol. The van der Waals surface area contributed by atoms with Crippen molar-refractivity contribution in [2.45, 2.75) is 32.4 Å². The van der Waals surface area contributed by atoms with Gasteiger partial charge in [-0.05, 0) is 44.0 Å². The van der Waals surface area contributed by atoms with Gasteiger partial charge in [0.1, 0.15) is 5.82 Å². The van der Waals surface area contributed by atoms with Crippen molar-refractivity contribution >= 4 is 0 Å². The van der Waals surface area contributed by atoms with E-state index in [1.807, 2.05) is 6.92 Å². The highest BCUT2D eigenvalue weighted by Crippen LogP contribution is 2.33. The van der Waals surface area contributed by atoms with Crippen LogP contribution < -0.4 is 11.3 Å². The number of nitrogens with two attached hydrogens (primary N) is 1. The number of nitrogens with one attached hydrogen (secondary N) is 1. The standard InChI is InChI=1S/C15H24FN3O/c1-11-4-5-12(16)10-13(11)14(18-17)15(2,3)19-6-8-20-9-7-19/h4-5,10,14,18H,6-9,17H2,1-3H3. The second kappa shape index (κ2) is 6.18. The van der Waals surface area contributed by atoms with Gasteiger partial charge in [0.2, 0.25) is 0 Å². The van der Waals surface area contributed by atoms with Crippen LogP contribution in [0.4, 0.5) is 4.39 Å². The summed E-state index contributed by atoms with van der Waals surface area (Å²) in [5.41, 5.74) is 4.59. The molecule has 0 spiro atoms. The Balaban J connectivity index is 2.32. The summed E-state index contributed by atoms with van der Waals surface area (Å²) in [6.45, 7) is 9.42. The van der Waals surface area contributed by atoms with Gasteiger partial charge in [-0.1, -0.05) is 6.07 Å². The van der Waals surface area contributed by atoms with Crippen molar-refractivity contribution in [3.05, 3.63) is 35.1 Å². The molecule has 0 aliphatic carbocycles. The van der Waals surface area contributed by atoms with Gasteiger partial charge in [-0.2, -0.15) is 0 Å². The van der Waals surface area contributed by atoms with E-state index in [1.165, 1.54) is 6.07 Å². The van der Waals surface area contributed by atoms with Gasteiger partial charge in [-0.3, -0.25) is 16.2 Å². The van der Waals surface area contributed by atoms with E-state index in [9.17, 15) is 4.39 Å². The third kappa shape index (κ3) is 3.01. The quantitative estimate of drug-likeness (QED) is 0.652. The maximum absolute atomic E-state index is 13.6. The van der Waals surface area contributed by atoms with Crippen molar-refractivity contribution in [3.63, 3.8) is 0 Å². The van der Waals surface area contributed by atoms with Crippen LogP contribution in [0.25, 0.3) is 0 Å². The summed E-state index contributed by atoms with van der Waals surface area (Å²) in [5, 5.41) is 0. The fourth-order valence-corrected chi connectivity index (χ4v) is 2.92. The summed E-state index contributed by atoms with van der Waals surface area (Å²) in [4.78, 5) is 2.34. The molecule has 1 heterocycles. The minimum atomic E-state index is -0.233. The second-order valence-corrected chi connectivity index (χ2v) is 5.85. The first-order chi connectivity index (χ1) is 9.46. The molecule has 112 valence electrons. The number of hydrogen-bond donors (Lipinski definition) is 2. The van der Waals surface area contributed by atoms with E-state index in [0.29, 0.717) is 0 Å². The Morgan fingerprint density at radius 3 is 2.60 bits per heavy atom. The minimum Gasteiger partial charge on any atom is -0.379 e. The van der Waals surface area contributed by atoms with E-state index in [1.54, 1.807) is 12.1 Å². The van der Waals surface area contributed by atoms with Gasteiger partial charge in [-0.25, -0.2) is 4.39 Å². The number of aryl methyl sites for hydroxylation is 1. The topological polar surface area (TPSA) is 50.5 Å². The lowest BCUT2D eigenvalue weighted by molar-refractivity contribution is -0.0239. The van der Waals surface area contributed by atoms with Crippen molar-refractivity contribution in [2.24, 2.45) is 5.84 Å². The Labute approximate surface area is 120 Å². The molecule has 5 heteroatoms. The fourth-order valence-electron chi connectivity index (χ4n) is 2.92. The van der Waals surface area contributed by atoms with E-state index >= 15 is 0 Å². The maximum atomic E-state index is 13.6. The van der Waals surface area contributed by atoms with Crippen LogP contribution in [0, 0.1) is 12.7 Å². The molecule has 0 bridgehead atoms. The highest BCUT2D eigenvalue weighted by atomic mass is 19.1. The minimum absolute atomic E-state index is 0.142. The van der Waals surface area contributed by atoms with Crippen molar-refractivity contribution in [2.75, 3.05) is 26.3 Å². The normalized spacial score (nSPS) is 19.1. The van der Waals surface area contributed by atoms with E-state index in [4.69, 9.17) is 10.6 Å². The van der Waals surface area contributed by atoms with Gasteiger partial charge in [0, 0.05) is 18.6 Å². The van der Waals surface area contributed by atoms with Crippen LogP contribution in [-0.4, -0.2) is 36.7 Å². The molecule has 0 aromatic heterocycles. The van der Waals surface area contributed by atoms with Crippen LogP contribution in [0.15, 0.2) is 18.2 Å². The van der Waals surface area contributed by atoms with Gasteiger partial charge in [0.15, 0.2) is 0 Å². The zero-order valence-electron chi connectivity index (χ0n) is 12.4. The van der Waals surface area contributed by atoms with Crippen molar-refractivity contribution in [3.8, 4) is 0 Å². The zero-order valence-corrected chi connectivity index (χ0v) is 12.4.